The molecule has 0 spiro atoms. The van der Waals surface area contributed by atoms with Gasteiger partial charge in [0.1, 0.15) is 0 Å². The third-order valence-corrected chi connectivity index (χ3v) is 4.68. The zero-order valence-electron chi connectivity index (χ0n) is 11.3. The third-order valence-electron chi connectivity index (χ3n) is 3.80. The van der Waals surface area contributed by atoms with Gasteiger partial charge in [-0.05, 0) is 31.3 Å². The molecule has 0 bridgehead atoms. The number of piperidine rings is 1. The molecule has 106 valence electrons. The van der Waals surface area contributed by atoms with E-state index >= 15 is 0 Å². The number of amides is 1. The van der Waals surface area contributed by atoms with E-state index < -0.39 is 0 Å². The van der Waals surface area contributed by atoms with Crippen LogP contribution in [-0.2, 0) is 11.3 Å². The van der Waals surface area contributed by atoms with Gasteiger partial charge in [-0.15, -0.1) is 11.3 Å². The topological polar surface area (TPSA) is 61.6 Å². The zero-order valence-corrected chi connectivity index (χ0v) is 12.2. The van der Waals surface area contributed by atoms with Crippen LogP contribution in [0.4, 0.5) is 5.00 Å². The molecule has 0 unspecified atom stereocenters. The number of nitrogens with zero attached hydrogens (tertiary/aromatic N) is 2. The van der Waals surface area contributed by atoms with Gasteiger partial charge < -0.3 is 11.1 Å². The summed E-state index contributed by atoms with van der Waals surface area (Å²) in [7, 11) is 2.16. The van der Waals surface area contributed by atoms with Crippen LogP contribution in [0.5, 0.6) is 0 Å². The van der Waals surface area contributed by atoms with Crippen molar-refractivity contribution < 1.29 is 4.79 Å². The molecule has 0 radical (unpaired) electrons. The fourth-order valence-corrected chi connectivity index (χ4v) is 3.35. The summed E-state index contributed by atoms with van der Waals surface area (Å²) in [5.74, 6) is 0. The van der Waals surface area contributed by atoms with E-state index in [9.17, 15) is 4.79 Å². The van der Waals surface area contributed by atoms with E-state index in [1.807, 2.05) is 5.38 Å². The molecule has 6 heteroatoms. The molecular formula is C13H22N4OS. The van der Waals surface area contributed by atoms with Crippen LogP contribution in [-0.4, -0.2) is 49.1 Å². The zero-order chi connectivity index (χ0) is 13.7. The lowest BCUT2D eigenvalue weighted by atomic mass is 10.0. The van der Waals surface area contributed by atoms with Crippen molar-refractivity contribution in [2.75, 3.05) is 32.1 Å². The van der Waals surface area contributed by atoms with Crippen molar-refractivity contribution in [2.45, 2.75) is 25.4 Å². The normalized spacial score (nSPS) is 17.8. The first kappa shape index (κ1) is 14.5. The number of likely N-dealkylation sites (tertiary alicyclic amines) is 1. The Morgan fingerprint density at radius 1 is 1.58 bits per heavy atom. The summed E-state index contributed by atoms with van der Waals surface area (Å²) >= 11 is 1.57. The van der Waals surface area contributed by atoms with E-state index in [2.05, 4.69) is 28.2 Å². The summed E-state index contributed by atoms with van der Waals surface area (Å²) in [6, 6.07) is 2.69. The second-order valence-electron chi connectivity index (χ2n) is 4.98. The first-order valence-corrected chi connectivity index (χ1v) is 7.51. The van der Waals surface area contributed by atoms with Crippen LogP contribution in [0.1, 0.15) is 18.4 Å². The second kappa shape index (κ2) is 7.00. The molecule has 0 aromatic carbocycles. The minimum atomic E-state index is 0.604. The number of carbonyl (C=O) groups excluding carboxylic acids is 1. The van der Waals surface area contributed by atoms with Gasteiger partial charge in [-0.1, -0.05) is 0 Å². The maximum atomic E-state index is 10.5. The predicted molar refractivity (Wildman–Crippen MR) is 79.1 cm³/mol. The van der Waals surface area contributed by atoms with Gasteiger partial charge in [0.15, 0.2) is 0 Å². The fourth-order valence-electron chi connectivity index (χ4n) is 2.58. The number of carbonyl (C=O) groups is 1. The first-order valence-electron chi connectivity index (χ1n) is 6.63. The van der Waals surface area contributed by atoms with Gasteiger partial charge in [0.2, 0.25) is 6.41 Å². The quantitative estimate of drug-likeness (QED) is 0.768. The van der Waals surface area contributed by atoms with Gasteiger partial charge in [0, 0.05) is 37.9 Å². The molecule has 1 aliphatic rings. The smallest absolute Gasteiger partial charge is 0.212 e. The molecule has 0 aliphatic carbocycles. The number of rotatable bonds is 6. The van der Waals surface area contributed by atoms with Gasteiger partial charge >= 0.3 is 0 Å². The Morgan fingerprint density at radius 2 is 2.32 bits per heavy atom. The molecule has 0 saturated carbocycles. The molecule has 1 amide bonds. The van der Waals surface area contributed by atoms with Crippen LogP contribution < -0.4 is 11.1 Å². The van der Waals surface area contributed by atoms with Crippen LogP contribution in [0.2, 0.25) is 0 Å². The SMILES string of the molecule is CN(Cc1ccsc1NC=O)C1CCN(CN)CC1. The number of anilines is 1. The summed E-state index contributed by atoms with van der Waals surface area (Å²) in [4.78, 5) is 15.2. The molecule has 2 heterocycles. The molecule has 3 N–H and O–H groups in total. The Bertz CT molecular complexity index is 401. The van der Waals surface area contributed by atoms with E-state index in [-0.39, 0.29) is 0 Å². The Morgan fingerprint density at radius 3 is 2.95 bits per heavy atom. The van der Waals surface area contributed by atoms with Gasteiger partial charge in [0.25, 0.3) is 0 Å². The fraction of sp³-hybridized carbons (Fsp3) is 0.615. The van der Waals surface area contributed by atoms with Crippen molar-refractivity contribution in [3.8, 4) is 0 Å². The largest absolute Gasteiger partial charge is 0.320 e. The van der Waals surface area contributed by atoms with Gasteiger partial charge in [0.05, 0.1) is 5.00 Å². The van der Waals surface area contributed by atoms with Crippen LogP contribution in [0.15, 0.2) is 11.4 Å². The van der Waals surface area contributed by atoms with E-state index in [1.54, 1.807) is 11.3 Å². The van der Waals surface area contributed by atoms with E-state index in [4.69, 9.17) is 5.73 Å². The van der Waals surface area contributed by atoms with E-state index in [0.29, 0.717) is 12.7 Å². The van der Waals surface area contributed by atoms with E-state index in [1.165, 1.54) is 5.56 Å². The summed E-state index contributed by atoms with van der Waals surface area (Å²) < 4.78 is 0. The van der Waals surface area contributed by atoms with Crippen molar-refractivity contribution in [3.63, 3.8) is 0 Å². The maximum Gasteiger partial charge on any atom is 0.212 e. The lowest BCUT2D eigenvalue weighted by Crippen LogP contribution is -2.44. The van der Waals surface area contributed by atoms with Crippen molar-refractivity contribution in [3.05, 3.63) is 17.0 Å². The maximum absolute atomic E-state index is 10.5. The Balaban J connectivity index is 1.88. The number of hydrogen-bond acceptors (Lipinski definition) is 5. The minimum Gasteiger partial charge on any atom is -0.320 e. The number of nitrogens with one attached hydrogen (secondary N) is 1. The van der Waals surface area contributed by atoms with Crippen molar-refractivity contribution >= 4 is 22.7 Å². The molecule has 1 aromatic rings. The molecule has 2 rings (SSSR count). The Labute approximate surface area is 118 Å². The average Bonchev–Trinajstić information content (AvgIpc) is 2.86. The highest BCUT2D eigenvalue weighted by Gasteiger charge is 2.22. The predicted octanol–water partition coefficient (Wildman–Crippen LogP) is 1.13. The monoisotopic (exact) mass is 282 g/mol. The summed E-state index contributed by atoms with van der Waals surface area (Å²) in [6.45, 7) is 3.70. The lowest BCUT2D eigenvalue weighted by molar-refractivity contribution is -0.105. The molecule has 1 aliphatic heterocycles. The summed E-state index contributed by atoms with van der Waals surface area (Å²) in [5.41, 5.74) is 6.86. The van der Waals surface area contributed by atoms with Crippen LogP contribution in [0.3, 0.4) is 0 Å². The molecule has 5 nitrogen and oxygen atoms in total. The van der Waals surface area contributed by atoms with Gasteiger partial charge in [-0.25, -0.2) is 0 Å². The second-order valence-corrected chi connectivity index (χ2v) is 5.90. The Kier molecular flexibility index (Phi) is 5.33. The molecule has 1 saturated heterocycles. The van der Waals surface area contributed by atoms with Crippen LogP contribution in [0.25, 0.3) is 0 Å². The summed E-state index contributed by atoms with van der Waals surface area (Å²) in [6.07, 6.45) is 3.07. The van der Waals surface area contributed by atoms with E-state index in [0.717, 1.165) is 43.9 Å². The average molecular weight is 282 g/mol. The molecule has 1 aromatic heterocycles. The molecule has 0 atom stereocenters. The number of hydrogen-bond donors (Lipinski definition) is 2. The van der Waals surface area contributed by atoms with Crippen molar-refractivity contribution in [1.29, 1.82) is 0 Å². The highest BCUT2D eigenvalue weighted by molar-refractivity contribution is 7.14. The Hall–Kier alpha value is -0.950. The molecule has 19 heavy (non-hydrogen) atoms. The van der Waals surface area contributed by atoms with Gasteiger partial charge in [-0.3, -0.25) is 14.6 Å². The first-order chi connectivity index (χ1) is 9.24. The summed E-state index contributed by atoms with van der Waals surface area (Å²) in [5, 5.41) is 5.75. The third kappa shape index (κ3) is 3.76. The van der Waals surface area contributed by atoms with Crippen LogP contribution in [0, 0.1) is 0 Å². The number of thiophene rings is 1. The van der Waals surface area contributed by atoms with Crippen LogP contribution >= 0.6 is 11.3 Å². The van der Waals surface area contributed by atoms with Crippen molar-refractivity contribution in [1.82, 2.24) is 9.80 Å². The molecular weight excluding hydrogens is 260 g/mol. The van der Waals surface area contributed by atoms with Gasteiger partial charge in [-0.2, -0.15) is 0 Å². The highest BCUT2D eigenvalue weighted by atomic mass is 32.1. The highest BCUT2D eigenvalue weighted by Crippen LogP contribution is 2.25. The van der Waals surface area contributed by atoms with Crippen molar-refractivity contribution in [2.24, 2.45) is 5.73 Å². The number of nitrogens with two attached hydrogens (primary N) is 1. The standard InChI is InChI=1S/C13H22N4OS/c1-16(12-2-5-17(9-14)6-3-12)8-11-4-7-19-13(11)15-10-18/h4,7,10,12H,2-3,5-6,8-9,14H2,1H3,(H,15,18). The minimum absolute atomic E-state index is 0.604. The molecule has 1 fully saturated rings. The lowest BCUT2D eigenvalue weighted by Gasteiger charge is -2.36.